The van der Waals surface area contributed by atoms with Crippen LogP contribution < -0.4 is 10.6 Å². The predicted octanol–water partition coefficient (Wildman–Crippen LogP) is 3.97. The van der Waals surface area contributed by atoms with Crippen LogP contribution in [0.2, 0.25) is 0 Å². The molecule has 2 N–H and O–H groups in total. The molecule has 6 heteroatoms. The van der Waals surface area contributed by atoms with E-state index in [1.54, 1.807) is 0 Å². The average Bonchev–Trinajstić information content (AvgIpc) is 3.54. The van der Waals surface area contributed by atoms with Crippen molar-refractivity contribution in [2.75, 3.05) is 26.7 Å². The maximum Gasteiger partial charge on any atom is 0.191 e. The molecule has 0 bridgehead atoms. The first-order valence-electron chi connectivity index (χ1n) is 11.7. The lowest BCUT2D eigenvalue weighted by Gasteiger charge is -2.22. The smallest absolute Gasteiger partial charge is 0.191 e. The minimum atomic E-state index is 0. The lowest BCUT2D eigenvalue weighted by Crippen LogP contribution is -2.44. The van der Waals surface area contributed by atoms with Crippen LogP contribution in [0.3, 0.4) is 0 Å². The van der Waals surface area contributed by atoms with E-state index in [-0.39, 0.29) is 24.0 Å². The van der Waals surface area contributed by atoms with Crippen molar-refractivity contribution < 1.29 is 0 Å². The summed E-state index contributed by atoms with van der Waals surface area (Å²) in [6.45, 7) is 7.90. The fraction of sp³-hybridized carbons (Fsp3) is 0.708. The van der Waals surface area contributed by atoms with E-state index in [1.807, 2.05) is 7.05 Å². The highest BCUT2D eigenvalue weighted by molar-refractivity contribution is 14.0. The van der Waals surface area contributed by atoms with Gasteiger partial charge in [-0.1, -0.05) is 37.1 Å². The molecule has 0 radical (unpaired) electrons. The Morgan fingerprint density at radius 2 is 1.77 bits per heavy atom. The fourth-order valence-electron chi connectivity index (χ4n) is 5.06. The maximum atomic E-state index is 4.50. The Morgan fingerprint density at radius 1 is 1.07 bits per heavy atom. The van der Waals surface area contributed by atoms with Gasteiger partial charge in [0.05, 0.1) is 0 Å². The predicted molar refractivity (Wildman–Crippen MR) is 137 cm³/mol. The highest BCUT2D eigenvalue weighted by Gasteiger charge is 2.38. The van der Waals surface area contributed by atoms with Gasteiger partial charge in [-0.15, -0.1) is 24.0 Å². The molecule has 3 fully saturated rings. The van der Waals surface area contributed by atoms with E-state index in [0.717, 1.165) is 31.6 Å². The number of rotatable bonds is 6. The number of guanidine groups is 1. The van der Waals surface area contributed by atoms with Crippen molar-refractivity contribution in [3.63, 3.8) is 0 Å². The summed E-state index contributed by atoms with van der Waals surface area (Å²) in [6, 6.07) is 10.9. The van der Waals surface area contributed by atoms with E-state index in [4.69, 9.17) is 0 Å². The van der Waals surface area contributed by atoms with Crippen molar-refractivity contribution in [3.8, 4) is 0 Å². The first-order chi connectivity index (χ1) is 14.2. The van der Waals surface area contributed by atoms with E-state index in [0.29, 0.717) is 12.1 Å². The van der Waals surface area contributed by atoms with Gasteiger partial charge in [0.15, 0.2) is 5.96 Å². The van der Waals surface area contributed by atoms with Gasteiger partial charge in [-0.05, 0) is 63.2 Å². The van der Waals surface area contributed by atoms with Crippen molar-refractivity contribution in [1.82, 2.24) is 20.4 Å². The van der Waals surface area contributed by atoms with Crippen LogP contribution in [0.1, 0.15) is 63.0 Å². The Labute approximate surface area is 200 Å². The second-order valence-corrected chi connectivity index (χ2v) is 9.24. The topological polar surface area (TPSA) is 42.9 Å². The second-order valence-electron chi connectivity index (χ2n) is 9.24. The molecule has 0 aromatic heterocycles. The molecule has 4 rings (SSSR count). The van der Waals surface area contributed by atoms with Crippen LogP contribution in [-0.2, 0) is 13.1 Å². The van der Waals surface area contributed by atoms with Gasteiger partial charge >= 0.3 is 0 Å². The molecule has 0 spiro atoms. The molecule has 2 saturated heterocycles. The van der Waals surface area contributed by atoms with Crippen LogP contribution in [0.15, 0.2) is 29.3 Å². The second kappa shape index (κ2) is 11.7. The van der Waals surface area contributed by atoms with Crippen molar-refractivity contribution in [2.24, 2.45) is 4.99 Å². The highest BCUT2D eigenvalue weighted by Crippen LogP contribution is 2.33. The number of nitrogens with zero attached hydrogens (tertiary/aromatic N) is 3. The number of aliphatic imine (C=N–C) groups is 1. The highest BCUT2D eigenvalue weighted by atomic mass is 127. The van der Waals surface area contributed by atoms with E-state index < -0.39 is 0 Å². The Morgan fingerprint density at radius 3 is 2.43 bits per heavy atom. The summed E-state index contributed by atoms with van der Waals surface area (Å²) >= 11 is 0. The third-order valence-corrected chi connectivity index (χ3v) is 6.86. The van der Waals surface area contributed by atoms with E-state index in [1.165, 1.54) is 69.2 Å². The molecule has 5 nitrogen and oxygen atoms in total. The number of hydrogen-bond donors (Lipinski definition) is 2. The monoisotopic (exact) mass is 525 g/mol. The van der Waals surface area contributed by atoms with Gasteiger partial charge in [0.1, 0.15) is 0 Å². The molecule has 2 aliphatic heterocycles. The SMILES string of the molecule is CN=C(NCc1ccccc1CN1CCCCCC1)NC1CC(C)N(C2CC2)C1.I. The lowest BCUT2D eigenvalue weighted by molar-refractivity contribution is 0.256. The molecule has 1 aromatic carbocycles. The van der Waals surface area contributed by atoms with Crippen LogP contribution in [0, 0.1) is 0 Å². The first kappa shape index (κ1) is 23.8. The summed E-state index contributed by atoms with van der Waals surface area (Å²) < 4.78 is 0. The van der Waals surface area contributed by atoms with Crippen LogP contribution in [0.4, 0.5) is 0 Å². The molecular formula is C24H40IN5. The molecular weight excluding hydrogens is 485 g/mol. The van der Waals surface area contributed by atoms with E-state index >= 15 is 0 Å². The van der Waals surface area contributed by atoms with Gasteiger partial charge < -0.3 is 10.6 Å². The Balaban J connectivity index is 0.00000256. The Bertz CT molecular complexity index is 682. The van der Waals surface area contributed by atoms with E-state index in [2.05, 4.69) is 56.6 Å². The zero-order valence-corrected chi connectivity index (χ0v) is 21.1. The third kappa shape index (κ3) is 6.57. The summed E-state index contributed by atoms with van der Waals surface area (Å²) in [6.07, 6.45) is 9.45. The summed E-state index contributed by atoms with van der Waals surface area (Å²) in [5.74, 6) is 0.935. The summed E-state index contributed by atoms with van der Waals surface area (Å²) in [5, 5.41) is 7.25. The Kier molecular flexibility index (Phi) is 9.26. The molecule has 2 heterocycles. The van der Waals surface area contributed by atoms with Crippen molar-refractivity contribution in [2.45, 2.75) is 83.1 Å². The molecule has 0 amide bonds. The number of nitrogens with one attached hydrogen (secondary N) is 2. The van der Waals surface area contributed by atoms with Crippen LogP contribution in [0.5, 0.6) is 0 Å². The largest absolute Gasteiger partial charge is 0.352 e. The van der Waals surface area contributed by atoms with Gasteiger partial charge in [-0.3, -0.25) is 14.8 Å². The minimum absolute atomic E-state index is 0. The quantitative estimate of drug-likeness (QED) is 0.335. The molecule has 1 saturated carbocycles. The number of halogens is 1. The standard InChI is InChI=1S/C24H39N5.HI/c1-19-15-22(18-29(19)23-11-12-23)27-24(25-2)26-16-20-9-5-6-10-21(20)17-28-13-7-3-4-8-14-28;/h5-6,9-10,19,22-23H,3-4,7-8,11-18H2,1-2H3,(H2,25,26,27);1H. The van der Waals surface area contributed by atoms with Crippen molar-refractivity contribution >= 4 is 29.9 Å². The third-order valence-electron chi connectivity index (χ3n) is 6.86. The zero-order valence-electron chi connectivity index (χ0n) is 18.8. The molecule has 168 valence electrons. The average molecular weight is 526 g/mol. The van der Waals surface area contributed by atoms with Gasteiger partial charge in [0, 0.05) is 44.8 Å². The Hall–Kier alpha value is -0.860. The van der Waals surface area contributed by atoms with Crippen LogP contribution in [0.25, 0.3) is 0 Å². The van der Waals surface area contributed by atoms with Crippen molar-refractivity contribution in [1.29, 1.82) is 0 Å². The molecule has 3 aliphatic rings. The summed E-state index contributed by atoms with van der Waals surface area (Å²) in [4.78, 5) is 9.81. The number of likely N-dealkylation sites (tertiary alicyclic amines) is 2. The fourth-order valence-corrected chi connectivity index (χ4v) is 5.06. The lowest BCUT2D eigenvalue weighted by atomic mass is 10.1. The summed E-state index contributed by atoms with van der Waals surface area (Å²) in [5.41, 5.74) is 2.84. The van der Waals surface area contributed by atoms with Crippen LogP contribution in [-0.4, -0.2) is 60.6 Å². The van der Waals surface area contributed by atoms with Gasteiger partial charge in [-0.2, -0.15) is 0 Å². The molecule has 2 atom stereocenters. The zero-order chi connectivity index (χ0) is 20.1. The van der Waals surface area contributed by atoms with Crippen molar-refractivity contribution in [3.05, 3.63) is 35.4 Å². The number of hydrogen-bond acceptors (Lipinski definition) is 3. The number of benzene rings is 1. The maximum absolute atomic E-state index is 4.50. The van der Waals surface area contributed by atoms with Gasteiger partial charge in [-0.25, -0.2) is 0 Å². The molecule has 30 heavy (non-hydrogen) atoms. The summed E-state index contributed by atoms with van der Waals surface area (Å²) in [7, 11) is 1.88. The normalized spacial score (nSPS) is 26.1. The molecule has 2 unspecified atom stereocenters. The molecule has 1 aromatic rings. The van der Waals surface area contributed by atoms with Gasteiger partial charge in [0.25, 0.3) is 0 Å². The van der Waals surface area contributed by atoms with Crippen LogP contribution >= 0.6 is 24.0 Å². The minimum Gasteiger partial charge on any atom is -0.352 e. The molecule has 1 aliphatic carbocycles. The van der Waals surface area contributed by atoms with Gasteiger partial charge in [0.2, 0.25) is 0 Å². The first-order valence-corrected chi connectivity index (χ1v) is 11.7. The van der Waals surface area contributed by atoms with E-state index in [9.17, 15) is 0 Å².